The molecule has 0 radical (unpaired) electrons. The predicted octanol–water partition coefficient (Wildman–Crippen LogP) is 2.64. The average molecular weight is 306 g/mol. The Morgan fingerprint density at radius 3 is 3.00 bits per heavy atom. The first-order valence-electron chi connectivity index (χ1n) is 4.16. The molecule has 0 bridgehead atoms. The summed E-state index contributed by atoms with van der Waals surface area (Å²) < 4.78 is 6.40. The quantitative estimate of drug-likeness (QED) is 0.880. The van der Waals surface area contributed by atoms with E-state index in [-0.39, 0.29) is 6.54 Å². The molecular weight excluding hydrogens is 298 g/mol. The zero-order valence-electron chi connectivity index (χ0n) is 7.64. The molecule has 80 valence electrons. The van der Waals surface area contributed by atoms with Crippen LogP contribution in [0.2, 0.25) is 0 Å². The maximum Gasteiger partial charge on any atom is 0.276 e. The van der Waals surface area contributed by atoms with E-state index in [1.807, 2.05) is 11.4 Å². The predicted molar refractivity (Wildman–Crippen MR) is 63.8 cm³/mol. The van der Waals surface area contributed by atoms with Gasteiger partial charge < -0.3 is 10.2 Å². The Hall–Kier alpha value is -0.370. The van der Waals surface area contributed by atoms with Crippen LogP contribution in [-0.4, -0.2) is 10.2 Å². The molecular formula is C8H8BrN3OS2. The molecule has 2 rings (SSSR count). The van der Waals surface area contributed by atoms with Crippen LogP contribution in [0.4, 0.5) is 0 Å². The Kier molecular flexibility index (Phi) is 3.79. The lowest BCUT2D eigenvalue weighted by molar-refractivity contribution is 0.415. The Bertz CT molecular complexity index is 443. The number of rotatable bonds is 4. The molecule has 7 heteroatoms. The summed E-state index contributed by atoms with van der Waals surface area (Å²) >= 11 is 6.68. The molecule has 0 aliphatic heterocycles. The highest BCUT2D eigenvalue weighted by molar-refractivity contribution is 9.10. The minimum atomic E-state index is 0.288. The Morgan fingerprint density at radius 2 is 2.40 bits per heavy atom. The van der Waals surface area contributed by atoms with Gasteiger partial charge in [0.25, 0.3) is 5.22 Å². The number of hydrogen-bond donors (Lipinski definition) is 1. The van der Waals surface area contributed by atoms with E-state index in [4.69, 9.17) is 10.2 Å². The van der Waals surface area contributed by atoms with Crippen molar-refractivity contribution in [3.05, 3.63) is 26.7 Å². The molecule has 0 amide bonds. The van der Waals surface area contributed by atoms with Gasteiger partial charge in [0, 0.05) is 15.1 Å². The molecule has 0 aliphatic rings. The number of aromatic nitrogens is 2. The molecule has 0 aliphatic carbocycles. The molecule has 2 N–H and O–H groups in total. The van der Waals surface area contributed by atoms with Gasteiger partial charge in [-0.3, -0.25) is 0 Å². The van der Waals surface area contributed by atoms with E-state index >= 15 is 0 Å². The number of halogens is 1. The second-order valence-electron chi connectivity index (χ2n) is 2.65. The van der Waals surface area contributed by atoms with Crippen molar-refractivity contribution >= 4 is 39.0 Å². The second kappa shape index (κ2) is 5.11. The highest BCUT2D eigenvalue weighted by Crippen LogP contribution is 2.29. The number of nitrogens with two attached hydrogens (primary N) is 1. The maximum absolute atomic E-state index is 5.37. The largest absolute Gasteiger partial charge is 0.415 e. The SMILES string of the molecule is NCc1nnc(SCc2sccc2Br)o1. The summed E-state index contributed by atoms with van der Waals surface area (Å²) in [5.74, 6) is 1.30. The van der Waals surface area contributed by atoms with Crippen molar-refractivity contribution in [1.82, 2.24) is 10.2 Å². The van der Waals surface area contributed by atoms with Crippen LogP contribution in [0.1, 0.15) is 10.8 Å². The average Bonchev–Trinajstić information content (AvgIpc) is 2.84. The van der Waals surface area contributed by atoms with Crippen molar-refractivity contribution in [2.24, 2.45) is 5.73 Å². The first kappa shape index (κ1) is 11.1. The van der Waals surface area contributed by atoms with Gasteiger partial charge in [-0.2, -0.15) is 0 Å². The molecule has 0 saturated heterocycles. The van der Waals surface area contributed by atoms with E-state index in [1.165, 1.54) is 16.6 Å². The molecule has 0 saturated carbocycles. The normalized spacial score (nSPS) is 10.8. The van der Waals surface area contributed by atoms with Gasteiger partial charge in [0.05, 0.1) is 6.54 Å². The fourth-order valence-corrected chi connectivity index (χ4v) is 3.51. The standard InChI is InChI=1S/C8H8BrN3OS2/c9-5-1-2-14-6(5)4-15-8-12-11-7(3-10)13-8/h1-2H,3-4,10H2. The Balaban J connectivity index is 1.96. The maximum atomic E-state index is 5.37. The molecule has 4 nitrogen and oxygen atoms in total. The summed E-state index contributed by atoms with van der Waals surface area (Å²) in [4.78, 5) is 1.26. The van der Waals surface area contributed by atoms with Crippen LogP contribution >= 0.6 is 39.0 Å². The minimum Gasteiger partial charge on any atom is -0.415 e. The van der Waals surface area contributed by atoms with Gasteiger partial charge in [0.2, 0.25) is 5.89 Å². The van der Waals surface area contributed by atoms with Crippen molar-refractivity contribution < 1.29 is 4.42 Å². The molecule has 0 spiro atoms. The molecule has 2 heterocycles. The summed E-state index contributed by atoms with van der Waals surface area (Å²) in [6.45, 7) is 0.288. The third kappa shape index (κ3) is 2.81. The number of hydrogen-bond acceptors (Lipinski definition) is 6. The third-order valence-corrected chi connectivity index (χ3v) is 4.59. The fraction of sp³-hybridized carbons (Fsp3) is 0.250. The third-order valence-electron chi connectivity index (χ3n) is 1.64. The van der Waals surface area contributed by atoms with Gasteiger partial charge in [0.15, 0.2) is 0 Å². The molecule has 0 unspecified atom stereocenters. The number of nitrogens with zero attached hydrogens (tertiary/aromatic N) is 2. The molecule has 0 fully saturated rings. The van der Waals surface area contributed by atoms with Crippen LogP contribution in [0.25, 0.3) is 0 Å². The highest BCUT2D eigenvalue weighted by atomic mass is 79.9. The number of thioether (sulfide) groups is 1. The second-order valence-corrected chi connectivity index (χ2v) is 5.43. The topological polar surface area (TPSA) is 64.9 Å². The van der Waals surface area contributed by atoms with Crippen molar-refractivity contribution in [2.45, 2.75) is 17.5 Å². The zero-order valence-corrected chi connectivity index (χ0v) is 10.9. The molecule has 2 aromatic rings. The van der Waals surface area contributed by atoms with Gasteiger partial charge in [0.1, 0.15) is 0 Å². The lowest BCUT2D eigenvalue weighted by Crippen LogP contribution is -1.95. The first-order chi connectivity index (χ1) is 7.29. The highest BCUT2D eigenvalue weighted by Gasteiger charge is 2.07. The van der Waals surface area contributed by atoms with Crippen LogP contribution in [0.3, 0.4) is 0 Å². The fourth-order valence-electron chi connectivity index (χ4n) is 0.934. The minimum absolute atomic E-state index is 0.288. The van der Waals surface area contributed by atoms with Gasteiger partial charge >= 0.3 is 0 Å². The van der Waals surface area contributed by atoms with Crippen LogP contribution in [-0.2, 0) is 12.3 Å². The smallest absolute Gasteiger partial charge is 0.276 e. The van der Waals surface area contributed by atoms with E-state index < -0.39 is 0 Å². The van der Waals surface area contributed by atoms with E-state index in [1.54, 1.807) is 11.3 Å². The van der Waals surface area contributed by atoms with Crippen LogP contribution in [0, 0.1) is 0 Å². The summed E-state index contributed by atoms with van der Waals surface area (Å²) in [5.41, 5.74) is 5.37. The van der Waals surface area contributed by atoms with Crippen LogP contribution < -0.4 is 5.73 Å². The monoisotopic (exact) mass is 305 g/mol. The summed E-state index contributed by atoms with van der Waals surface area (Å²) in [6.07, 6.45) is 0. The van der Waals surface area contributed by atoms with Crippen LogP contribution in [0.15, 0.2) is 25.6 Å². The van der Waals surface area contributed by atoms with E-state index in [0.29, 0.717) is 11.1 Å². The van der Waals surface area contributed by atoms with Crippen molar-refractivity contribution in [3.63, 3.8) is 0 Å². The molecule has 0 aromatic carbocycles. The van der Waals surface area contributed by atoms with E-state index in [2.05, 4.69) is 26.1 Å². The lowest BCUT2D eigenvalue weighted by atomic mass is 10.5. The number of thiophene rings is 1. The van der Waals surface area contributed by atoms with Gasteiger partial charge in [-0.15, -0.1) is 21.5 Å². The van der Waals surface area contributed by atoms with Crippen LogP contribution in [0.5, 0.6) is 0 Å². The zero-order chi connectivity index (χ0) is 10.7. The van der Waals surface area contributed by atoms with Crippen molar-refractivity contribution in [1.29, 1.82) is 0 Å². The summed E-state index contributed by atoms with van der Waals surface area (Å²) in [5, 5.41) is 10.3. The Morgan fingerprint density at radius 1 is 1.53 bits per heavy atom. The van der Waals surface area contributed by atoms with E-state index in [0.717, 1.165) is 10.2 Å². The first-order valence-corrected chi connectivity index (χ1v) is 6.82. The van der Waals surface area contributed by atoms with Gasteiger partial charge in [-0.05, 0) is 27.4 Å². The summed E-state index contributed by atoms with van der Waals surface area (Å²) in [7, 11) is 0. The van der Waals surface area contributed by atoms with E-state index in [9.17, 15) is 0 Å². The van der Waals surface area contributed by atoms with Gasteiger partial charge in [-0.25, -0.2) is 0 Å². The molecule has 15 heavy (non-hydrogen) atoms. The van der Waals surface area contributed by atoms with Crippen molar-refractivity contribution in [3.8, 4) is 0 Å². The molecule has 0 atom stereocenters. The molecule has 2 aromatic heterocycles. The Labute approximate surface area is 103 Å². The van der Waals surface area contributed by atoms with Crippen molar-refractivity contribution in [2.75, 3.05) is 0 Å². The summed E-state index contributed by atoms with van der Waals surface area (Å²) in [6, 6.07) is 2.03. The van der Waals surface area contributed by atoms with Gasteiger partial charge in [-0.1, -0.05) is 11.8 Å². The lowest BCUT2D eigenvalue weighted by Gasteiger charge is -1.94.